The molecule has 0 radical (unpaired) electrons. The Morgan fingerprint density at radius 2 is 2.17 bits per heavy atom. The topological polar surface area (TPSA) is 63.8 Å². The van der Waals surface area contributed by atoms with Crippen molar-refractivity contribution in [3.05, 3.63) is 45.0 Å². The van der Waals surface area contributed by atoms with Crippen LogP contribution in [0.5, 0.6) is 0 Å². The normalized spacial score (nSPS) is 11.7. The van der Waals surface area contributed by atoms with Gasteiger partial charge in [-0.2, -0.15) is 18.3 Å². The fourth-order valence-electron chi connectivity index (χ4n) is 1.25. The summed E-state index contributed by atoms with van der Waals surface area (Å²) in [6.07, 6.45) is -3.34. The largest absolute Gasteiger partial charge is 0.455 e. The summed E-state index contributed by atoms with van der Waals surface area (Å²) in [5, 5.41) is 3.67. The molecule has 96 valence electrons. The number of nitrogens with one attached hydrogen (secondary N) is 1. The summed E-state index contributed by atoms with van der Waals surface area (Å²) in [4.78, 5) is 13.7. The van der Waals surface area contributed by atoms with E-state index in [0.717, 1.165) is 16.8 Å². The van der Waals surface area contributed by atoms with Gasteiger partial charge in [0, 0.05) is 0 Å². The first-order chi connectivity index (χ1) is 8.36. The van der Waals surface area contributed by atoms with Crippen LogP contribution >= 0.6 is 12.2 Å². The molecule has 5 nitrogen and oxygen atoms in total. The van der Waals surface area contributed by atoms with Crippen LogP contribution in [-0.2, 0) is 12.7 Å². The highest BCUT2D eigenvalue weighted by molar-refractivity contribution is 7.71. The second-order valence-corrected chi connectivity index (χ2v) is 3.80. The zero-order chi connectivity index (χ0) is 13.3. The molecule has 2 aromatic rings. The lowest BCUT2D eigenvalue weighted by atomic mass is 10.4. The maximum Gasteiger partial charge on any atom is 0.449 e. The summed E-state index contributed by atoms with van der Waals surface area (Å²) in [7, 11) is 0. The Kier molecular flexibility index (Phi) is 3.07. The summed E-state index contributed by atoms with van der Waals surface area (Å²) < 4.78 is 42.5. The van der Waals surface area contributed by atoms with Gasteiger partial charge in [0.15, 0.2) is 0 Å². The first-order valence-electron chi connectivity index (χ1n) is 4.68. The Morgan fingerprint density at radius 1 is 1.44 bits per heavy atom. The van der Waals surface area contributed by atoms with Crippen LogP contribution < -0.4 is 5.69 Å². The van der Waals surface area contributed by atoms with Gasteiger partial charge in [0.2, 0.25) is 5.76 Å². The smallest absolute Gasteiger partial charge is 0.449 e. The number of furan rings is 1. The van der Waals surface area contributed by atoms with E-state index in [0.29, 0.717) is 0 Å². The molecular formula is C9H6F3N3O2S. The second-order valence-electron chi connectivity index (χ2n) is 3.36. The quantitative estimate of drug-likeness (QED) is 0.852. The maximum atomic E-state index is 12.3. The fraction of sp³-hybridized carbons (Fsp3) is 0.222. The minimum Gasteiger partial charge on any atom is -0.455 e. The predicted octanol–water partition coefficient (Wildman–Crippen LogP) is 1.96. The number of nitrogens with zero attached hydrogens (tertiary/aromatic N) is 2. The molecule has 2 rings (SSSR count). The highest BCUT2D eigenvalue weighted by Gasteiger charge is 2.34. The van der Waals surface area contributed by atoms with Crippen LogP contribution in [0, 0.1) is 4.64 Å². The molecule has 2 aromatic heterocycles. The number of hydrogen-bond donors (Lipinski definition) is 1. The minimum atomic E-state index is -4.55. The molecule has 0 aliphatic carbocycles. The Morgan fingerprint density at radius 3 is 2.72 bits per heavy atom. The number of halogens is 3. The van der Waals surface area contributed by atoms with Gasteiger partial charge in [-0.25, -0.2) is 9.48 Å². The van der Waals surface area contributed by atoms with E-state index in [9.17, 15) is 18.0 Å². The molecule has 0 saturated heterocycles. The number of aromatic amines is 1. The monoisotopic (exact) mass is 277 g/mol. The Balaban J connectivity index is 2.27. The number of hydrogen-bond acceptors (Lipinski definition) is 4. The van der Waals surface area contributed by atoms with Crippen molar-refractivity contribution in [1.82, 2.24) is 14.8 Å². The molecular weight excluding hydrogens is 271 g/mol. The van der Waals surface area contributed by atoms with Crippen LogP contribution in [0.4, 0.5) is 13.2 Å². The zero-order valence-electron chi connectivity index (χ0n) is 8.69. The standard InChI is InChI=1S/C9H6F3N3O2S/c10-9(11,12)6-2-1-5(17-6)4-15-8(16)14-7(18)3-13-15/h1-3H,4H2,(H,14,16,18). The van der Waals surface area contributed by atoms with Crippen LogP contribution in [0.25, 0.3) is 0 Å². The van der Waals surface area contributed by atoms with E-state index < -0.39 is 17.6 Å². The van der Waals surface area contributed by atoms with Gasteiger partial charge in [-0.3, -0.25) is 4.98 Å². The Bertz CT molecular complexity index is 670. The molecule has 2 heterocycles. The van der Waals surface area contributed by atoms with E-state index in [1.807, 2.05) is 0 Å². The molecule has 0 atom stereocenters. The molecule has 18 heavy (non-hydrogen) atoms. The molecule has 0 fully saturated rings. The van der Waals surface area contributed by atoms with Crippen molar-refractivity contribution in [2.45, 2.75) is 12.7 Å². The van der Waals surface area contributed by atoms with Crippen molar-refractivity contribution in [3.8, 4) is 0 Å². The third-order valence-electron chi connectivity index (χ3n) is 2.03. The van der Waals surface area contributed by atoms with Crippen LogP contribution in [0.2, 0.25) is 0 Å². The summed E-state index contributed by atoms with van der Waals surface area (Å²) in [6.45, 7) is -0.207. The molecule has 0 aliphatic rings. The summed E-state index contributed by atoms with van der Waals surface area (Å²) in [6, 6.07) is 1.93. The minimum absolute atomic E-state index is 0.0255. The maximum absolute atomic E-state index is 12.3. The van der Waals surface area contributed by atoms with Crippen molar-refractivity contribution < 1.29 is 17.6 Å². The van der Waals surface area contributed by atoms with Gasteiger partial charge in [-0.15, -0.1) is 0 Å². The average molecular weight is 277 g/mol. The zero-order valence-corrected chi connectivity index (χ0v) is 9.51. The lowest BCUT2D eigenvalue weighted by molar-refractivity contribution is -0.153. The lowest BCUT2D eigenvalue weighted by Gasteiger charge is -2.02. The third kappa shape index (κ3) is 2.67. The molecule has 1 N–H and O–H groups in total. The number of H-pyrrole nitrogens is 1. The second kappa shape index (κ2) is 4.41. The molecule has 0 aliphatic heterocycles. The van der Waals surface area contributed by atoms with E-state index in [4.69, 9.17) is 0 Å². The average Bonchev–Trinajstić information content (AvgIpc) is 2.70. The lowest BCUT2D eigenvalue weighted by Crippen LogP contribution is -2.25. The highest BCUT2D eigenvalue weighted by atomic mass is 32.1. The van der Waals surface area contributed by atoms with Crippen LogP contribution in [0.15, 0.2) is 27.5 Å². The molecule has 0 saturated carbocycles. The summed E-state index contributed by atoms with van der Waals surface area (Å²) in [5.74, 6) is -1.14. The number of aromatic nitrogens is 3. The fourth-order valence-corrected chi connectivity index (χ4v) is 1.39. The van der Waals surface area contributed by atoms with Crippen LogP contribution in [-0.4, -0.2) is 14.8 Å². The highest BCUT2D eigenvalue weighted by Crippen LogP contribution is 2.30. The van der Waals surface area contributed by atoms with Crippen molar-refractivity contribution >= 4 is 12.2 Å². The van der Waals surface area contributed by atoms with Gasteiger partial charge in [0.25, 0.3) is 0 Å². The van der Waals surface area contributed by atoms with Gasteiger partial charge in [0.1, 0.15) is 16.9 Å². The van der Waals surface area contributed by atoms with Gasteiger partial charge in [-0.05, 0) is 12.1 Å². The van der Waals surface area contributed by atoms with Gasteiger partial charge in [0.05, 0.1) is 6.20 Å². The number of rotatable bonds is 2. The molecule has 0 bridgehead atoms. The first kappa shape index (κ1) is 12.6. The molecule has 0 spiro atoms. The van der Waals surface area contributed by atoms with Crippen molar-refractivity contribution in [2.24, 2.45) is 0 Å². The molecule has 0 unspecified atom stereocenters. The Labute approximate surface area is 103 Å². The van der Waals surface area contributed by atoms with E-state index in [1.165, 1.54) is 6.20 Å². The van der Waals surface area contributed by atoms with Crippen molar-refractivity contribution in [3.63, 3.8) is 0 Å². The number of alkyl halides is 3. The van der Waals surface area contributed by atoms with Crippen molar-refractivity contribution in [2.75, 3.05) is 0 Å². The summed E-state index contributed by atoms with van der Waals surface area (Å²) in [5.41, 5.74) is -0.618. The third-order valence-corrected chi connectivity index (χ3v) is 2.23. The Hall–Kier alpha value is -1.90. The van der Waals surface area contributed by atoms with Crippen molar-refractivity contribution in [1.29, 1.82) is 0 Å². The van der Waals surface area contributed by atoms with Crippen LogP contribution in [0.3, 0.4) is 0 Å². The van der Waals surface area contributed by atoms with E-state index in [2.05, 4.69) is 26.7 Å². The molecule has 9 heteroatoms. The molecule has 0 amide bonds. The molecule has 0 aromatic carbocycles. The summed E-state index contributed by atoms with van der Waals surface area (Å²) >= 11 is 4.67. The van der Waals surface area contributed by atoms with E-state index in [1.54, 1.807) is 0 Å². The predicted molar refractivity (Wildman–Crippen MR) is 56.5 cm³/mol. The van der Waals surface area contributed by atoms with Crippen LogP contribution in [0.1, 0.15) is 11.5 Å². The van der Waals surface area contributed by atoms with Gasteiger partial charge in [-0.1, -0.05) is 12.2 Å². The van der Waals surface area contributed by atoms with E-state index >= 15 is 0 Å². The van der Waals surface area contributed by atoms with Gasteiger partial charge >= 0.3 is 11.9 Å². The van der Waals surface area contributed by atoms with E-state index in [-0.39, 0.29) is 16.9 Å². The first-order valence-corrected chi connectivity index (χ1v) is 5.09. The SMILES string of the molecule is O=c1[nH]c(=S)cnn1Cc1ccc(C(F)(F)F)o1. The van der Waals surface area contributed by atoms with Gasteiger partial charge < -0.3 is 4.42 Å².